The Morgan fingerprint density at radius 3 is 1.53 bits per heavy atom. The number of carbonyl (C=O) groups excluding carboxylic acids is 2. The maximum atomic E-state index is 12.7. The third-order valence-electron chi connectivity index (χ3n) is 9.22. The van der Waals surface area contributed by atoms with Crippen molar-refractivity contribution in [2.24, 2.45) is 0 Å². The van der Waals surface area contributed by atoms with E-state index in [1.54, 1.807) is 0 Å². The molecule has 0 bridgehead atoms. The second kappa shape index (κ2) is 36.1. The number of hydrogen-bond acceptors (Lipinski definition) is 8. The van der Waals surface area contributed by atoms with Crippen LogP contribution in [0.1, 0.15) is 187 Å². The maximum Gasteiger partial charge on any atom is 0.306 e. The fourth-order valence-electron chi connectivity index (χ4n) is 5.80. The van der Waals surface area contributed by atoms with Crippen LogP contribution in [-0.2, 0) is 32.7 Å². The Balaban J connectivity index is 4.37. The standard InChI is InChI=1S/C43H82NO8P/c1-6-8-10-12-14-16-18-20-21-22-23-24-26-28-30-32-34-36-43(46)52-41(40-51-53(47,48)50-38-37-44(3,4)5)39-49-42(45)35-33-31-29-27-25-19-17-15-13-11-9-7-2/h14,16,20-21,41H,6-13,15,17-19,22-40H2,1-5H3/b16-14+,21-20+/t41-/m1/s1. The van der Waals surface area contributed by atoms with Crippen LogP contribution >= 0.6 is 7.82 Å². The number of quaternary nitrogens is 1. The fourth-order valence-corrected chi connectivity index (χ4v) is 6.53. The zero-order valence-corrected chi connectivity index (χ0v) is 35.9. The maximum absolute atomic E-state index is 12.7. The molecule has 2 atom stereocenters. The summed E-state index contributed by atoms with van der Waals surface area (Å²) >= 11 is 0. The molecule has 0 aromatic heterocycles. The molecule has 0 aromatic carbocycles. The molecule has 9 nitrogen and oxygen atoms in total. The molecule has 1 unspecified atom stereocenters. The normalized spacial score (nSPS) is 13.8. The van der Waals surface area contributed by atoms with Gasteiger partial charge in [0.15, 0.2) is 6.10 Å². The van der Waals surface area contributed by atoms with Crippen molar-refractivity contribution in [3.8, 4) is 0 Å². The third-order valence-corrected chi connectivity index (χ3v) is 10.2. The van der Waals surface area contributed by atoms with Crippen LogP contribution in [0.4, 0.5) is 0 Å². The fraction of sp³-hybridized carbons (Fsp3) is 0.860. The topological polar surface area (TPSA) is 111 Å². The van der Waals surface area contributed by atoms with E-state index in [0.717, 1.165) is 51.4 Å². The first kappa shape index (κ1) is 51.5. The number of hydrogen-bond donors (Lipinski definition) is 0. The second-order valence-corrected chi connectivity index (χ2v) is 17.1. The van der Waals surface area contributed by atoms with Crippen LogP contribution in [0.3, 0.4) is 0 Å². The summed E-state index contributed by atoms with van der Waals surface area (Å²) in [6.07, 6.45) is 37.7. The van der Waals surface area contributed by atoms with Gasteiger partial charge in [0.1, 0.15) is 19.8 Å². The van der Waals surface area contributed by atoms with Crippen LogP contribution in [0, 0.1) is 0 Å². The van der Waals surface area contributed by atoms with Gasteiger partial charge in [-0.3, -0.25) is 14.2 Å². The van der Waals surface area contributed by atoms with E-state index in [2.05, 4.69) is 38.2 Å². The summed E-state index contributed by atoms with van der Waals surface area (Å²) < 4.78 is 33.9. The number of likely N-dealkylation sites (N-methyl/N-ethyl adjacent to an activating group) is 1. The quantitative estimate of drug-likeness (QED) is 0.0200. The van der Waals surface area contributed by atoms with Gasteiger partial charge in [-0.05, 0) is 44.9 Å². The predicted octanol–water partition coefficient (Wildman–Crippen LogP) is 11.3. The number of esters is 2. The summed E-state index contributed by atoms with van der Waals surface area (Å²) in [6, 6.07) is 0. The van der Waals surface area contributed by atoms with Crippen LogP contribution in [0.25, 0.3) is 0 Å². The highest BCUT2D eigenvalue weighted by Crippen LogP contribution is 2.38. The summed E-state index contributed by atoms with van der Waals surface area (Å²) in [7, 11) is 1.16. The van der Waals surface area contributed by atoms with E-state index in [-0.39, 0.29) is 32.0 Å². The zero-order valence-electron chi connectivity index (χ0n) is 35.0. The number of phosphoric ester groups is 1. The Kier molecular flexibility index (Phi) is 35.1. The van der Waals surface area contributed by atoms with Crippen LogP contribution in [0.5, 0.6) is 0 Å². The van der Waals surface area contributed by atoms with E-state index in [4.69, 9.17) is 18.5 Å². The van der Waals surface area contributed by atoms with E-state index in [0.29, 0.717) is 17.4 Å². The van der Waals surface area contributed by atoms with E-state index >= 15 is 0 Å². The van der Waals surface area contributed by atoms with E-state index in [1.165, 1.54) is 103 Å². The predicted molar refractivity (Wildman–Crippen MR) is 218 cm³/mol. The van der Waals surface area contributed by atoms with Gasteiger partial charge in [-0.25, -0.2) is 0 Å². The molecule has 0 aliphatic heterocycles. The van der Waals surface area contributed by atoms with Crippen molar-refractivity contribution < 1.29 is 42.1 Å². The largest absolute Gasteiger partial charge is 0.756 e. The third kappa shape index (κ3) is 40.0. The molecule has 0 radical (unpaired) electrons. The molecule has 0 aromatic rings. The van der Waals surface area contributed by atoms with Gasteiger partial charge in [0.05, 0.1) is 27.7 Å². The Hall–Kier alpha value is -1.51. The molecule has 0 saturated heterocycles. The smallest absolute Gasteiger partial charge is 0.306 e. The first-order valence-corrected chi connectivity index (χ1v) is 23.0. The molecule has 53 heavy (non-hydrogen) atoms. The van der Waals surface area contributed by atoms with Crippen LogP contribution < -0.4 is 4.89 Å². The van der Waals surface area contributed by atoms with Crippen molar-refractivity contribution in [3.63, 3.8) is 0 Å². The highest BCUT2D eigenvalue weighted by molar-refractivity contribution is 7.45. The molecule has 10 heteroatoms. The lowest BCUT2D eigenvalue weighted by atomic mass is 10.0. The van der Waals surface area contributed by atoms with Crippen molar-refractivity contribution in [2.45, 2.75) is 193 Å². The molecule has 0 N–H and O–H groups in total. The van der Waals surface area contributed by atoms with E-state index in [1.807, 2.05) is 21.1 Å². The molecular formula is C43H82NO8P. The average molecular weight is 772 g/mol. The molecule has 0 aliphatic carbocycles. The van der Waals surface area contributed by atoms with Gasteiger partial charge >= 0.3 is 11.9 Å². The SMILES string of the molecule is CCCCC/C=C/C/C=C/CCCCCCCCCC(=O)O[C@H](COC(=O)CCCCCCCCCCCCCC)COP(=O)([O-])OCC[N+](C)(C)C. The number of rotatable bonds is 39. The summed E-state index contributed by atoms with van der Waals surface area (Å²) in [6.45, 7) is 4.19. The number of allylic oxidation sites excluding steroid dienone is 4. The Labute approximate surface area is 326 Å². The summed E-state index contributed by atoms with van der Waals surface area (Å²) in [5.74, 6) is -0.839. The Morgan fingerprint density at radius 1 is 0.585 bits per heavy atom. The highest BCUT2D eigenvalue weighted by Gasteiger charge is 2.21. The highest BCUT2D eigenvalue weighted by atomic mass is 31.2. The molecule has 0 amide bonds. The van der Waals surface area contributed by atoms with Crippen molar-refractivity contribution in [2.75, 3.05) is 47.5 Å². The Morgan fingerprint density at radius 2 is 1.02 bits per heavy atom. The van der Waals surface area contributed by atoms with Crippen molar-refractivity contribution in [1.29, 1.82) is 0 Å². The van der Waals surface area contributed by atoms with Gasteiger partial charge in [0.2, 0.25) is 0 Å². The minimum Gasteiger partial charge on any atom is -0.756 e. The van der Waals surface area contributed by atoms with E-state index < -0.39 is 26.5 Å². The van der Waals surface area contributed by atoms with Crippen molar-refractivity contribution in [1.82, 2.24) is 0 Å². The molecule has 0 fully saturated rings. The van der Waals surface area contributed by atoms with Gasteiger partial charge in [-0.2, -0.15) is 0 Å². The minimum atomic E-state index is -4.62. The lowest BCUT2D eigenvalue weighted by Gasteiger charge is -2.28. The van der Waals surface area contributed by atoms with Crippen molar-refractivity contribution in [3.05, 3.63) is 24.3 Å². The Bertz CT molecular complexity index is 964. The van der Waals surface area contributed by atoms with Crippen molar-refractivity contribution >= 4 is 19.8 Å². The molecule has 312 valence electrons. The summed E-state index contributed by atoms with van der Waals surface area (Å²) in [5.41, 5.74) is 0. The summed E-state index contributed by atoms with van der Waals surface area (Å²) in [5, 5.41) is 0. The number of unbranched alkanes of at least 4 members (excludes halogenated alkanes) is 21. The van der Waals surface area contributed by atoms with Crippen LogP contribution in [-0.4, -0.2) is 70.0 Å². The average Bonchev–Trinajstić information content (AvgIpc) is 3.10. The molecule has 0 rings (SSSR count). The lowest BCUT2D eigenvalue weighted by Crippen LogP contribution is -2.37. The van der Waals surface area contributed by atoms with E-state index in [9.17, 15) is 19.0 Å². The van der Waals surface area contributed by atoms with Gasteiger partial charge in [0.25, 0.3) is 7.82 Å². The second-order valence-electron chi connectivity index (χ2n) is 15.7. The van der Waals surface area contributed by atoms with Gasteiger partial charge < -0.3 is 27.9 Å². The molecule has 0 aliphatic rings. The molecular weight excluding hydrogens is 689 g/mol. The molecule has 0 spiro atoms. The van der Waals surface area contributed by atoms with Crippen LogP contribution in [0.15, 0.2) is 24.3 Å². The van der Waals surface area contributed by atoms with Crippen LogP contribution in [0.2, 0.25) is 0 Å². The zero-order chi connectivity index (χ0) is 39.3. The van der Waals surface area contributed by atoms with Gasteiger partial charge in [0, 0.05) is 12.8 Å². The first-order valence-electron chi connectivity index (χ1n) is 21.5. The number of carbonyl (C=O) groups is 2. The molecule has 0 heterocycles. The number of nitrogens with zero attached hydrogens (tertiary/aromatic N) is 1. The summed E-state index contributed by atoms with van der Waals surface area (Å²) in [4.78, 5) is 37.5. The minimum absolute atomic E-state index is 0.0308. The monoisotopic (exact) mass is 772 g/mol. The molecule has 0 saturated carbocycles. The number of phosphoric acid groups is 1. The number of ether oxygens (including phenoxy) is 2. The first-order chi connectivity index (χ1) is 25.5. The lowest BCUT2D eigenvalue weighted by molar-refractivity contribution is -0.870. The van der Waals surface area contributed by atoms with Gasteiger partial charge in [-0.1, -0.05) is 154 Å². The van der Waals surface area contributed by atoms with Gasteiger partial charge in [-0.15, -0.1) is 0 Å².